The summed E-state index contributed by atoms with van der Waals surface area (Å²) in [6.07, 6.45) is 0.791. The molecule has 6 nitrogen and oxygen atoms in total. The zero-order valence-electron chi connectivity index (χ0n) is 14.2. The number of carbonyl (C=O) groups excluding carboxylic acids is 1. The number of carbonyl (C=O) groups is 1. The third-order valence-electron chi connectivity index (χ3n) is 4.00. The fourth-order valence-corrected chi connectivity index (χ4v) is 2.45. The monoisotopic (exact) mass is 336 g/mol. The standard InChI is InChI=1S/C19H20N4O2/c1-3-17-21-18(23-22-17)14-6-8-15(9-7-14)19(25)20-16-10-13(11-24)5-4-12(16)2/h4-10,24H,3,11H2,1-2H3,(H,20,25)(H,21,22,23). The molecule has 0 saturated heterocycles. The second-order valence-corrected chi connectivity index (χ2v) is 5.80. The summed E-state index contributed by atoms with van der Waals surface area (Å²) in [5, 5.41) is 19.2. The molecule has 25 heavy (non-hydrogen) atoms. The lowest BCUT2D eigenvalue weighted by Crippen LogP contribution is -2.13. The highest BCUT2D eigenvalue weighted by Gasteiger charge is 2.10. The van der Waals surface area contributed by atoms with Gasteiger partial charge in [-0.1, -0.05) is 31.2 Å². The second kappa shape index (κ2) is 7.27. The van der Waals surface area contributed by atoms with Gasteiger partial charge in [0.05, 0.1) is 6.61 Å². The molecular weight excluding hydrogens is 316 g/mol. The van der Waals surface area contributed by atoms with Crippen molar-refractivity contribution in [3.63, 3.8) is 0 Å². The first-order valence-electron chi connectivity index (χ1n) is 8.14. The Morgan fingerprint density at radius 1 is 1.20 bits per heavy atom. The molecule has 0 bridgehead atoms. The SMILES string of the molecule is CCc1nc(-c2ccc(C(=O)Nc3cc(CO)ccc3C)cc2)n[nH]1. The number of hydrogen-bond donors (Lipinski definition) is 3. The number of aryl methyl sites for hydroxylation is 2. The highest BCUT2D eigenvalue weighted by atomic mass is 16.3. The highest BCUT2D eigenvalue weighted by Crippen LogP contribution is 2.20. The molecule has 1 aromatic heterocycles. The number of anilines is 1. The molecular formula is C19H20N4O2. The Morgan fingerprint density at radius 3 is 2.60 bits per heavy atom. The zero-order chi connectivity index (χ0) is 17.8. The zero-order valence-corrected chi connectivity index (χ0v) is 14.2. The van der Waals surface area contributed by atoms with E-state index in [2.05, 4.69) is 20.5 Å². The molecule has 0 spiro atoms. The molecule has 3 aromatic rings. The lowest BCUT2D eigenvalue weighted by molar-refractivity contribution is 0.102. The van der Waals surface area contributed by atoms with Crippen molar-refractivity contribution in [1.82, 2.24) is 15.2 Å². The Bertz CT molecular complexity index is 885. The van der Waals surface area contributed by atoms with E-state index < -0.39 is 0 Å². The molecule has 128 valence electrons. The molecule has 0 radical (unpaired) electrons. The van der Waals surface area contributed by atoms with E-state index in [1.807, 2.05) is 38.1 Å². The lowest BCUT2D eigenvalue weighted by Gasteiger charge is -2.10. The van der Waals surface area contributed by atoms with Crippen LogP contribution < -0.4 is 5.32 Å². The fraction of sp³-hybridized carbons (Fsp3) is 0.211. The topological polar surface area (TPSA) is 90.9 Å². The van der Waals surface area contributed by atoms with Crippen molar-refractivity contribution in [3.05, 3.63) is 65.0 Å². The van der Waals surface area contributed by atoms with E-state index >= 15 is 0 Å². The Kier molecular flexibility index (Phi) is 4.90. The van der Waals surface area contributed by atoms with Crippen LogP contribution in [0.15, 0.2) is 42.5 Å². The first-order chi connectivity index (χ1) is 12.1. The Hall–Kier alpha value is -2.99. The van der Waals surface area contributed by atoms with Crippen LogP contribution in [0.2, 0.25) is 0 Å². The van der Waals surface area contributed by atoms with E-state index in [1.165, 1.54) is 0 Å². The van der Waals surface area contributed by atoms with Crippen LogP contribution in [0.3, 0.4) is 0 Å². The molecule has 0 fully saturated rings. The first-order valence-corrected chi connectivity index (χ1v) is 8.14. The summed E-state index contributed by atoms with van der Waals surface area (Å²) >= 11 is 0. The molecule has 6 heteroatoms. The number of aliphatic hydroxyl groups excluding tert-OH is 1. The summed E-state index contributed by atoms with van der Waals surface area (Å²) in [5.74, 6) is 1.25. The smallest absolute Gasteiger partial charge is 0.255 e. The van der Waals surface area contributed by atoms with E-state index in [1.54, 1.807) is 18.2 Å². The Balaban J connectivity index is 1.77. The Morgan fingerprint density at radius 2 is 1.96 bits per heavy atom. The summed E-state index contributed by atoms with van der Waals surface area (Å²) < 4.78 is 0. The minimum atomic E-state index is -0.200. The number of H-pyrrole nitrogens is 1. The van der Waals surface area contributed by atoms with Gasteiger partial charge in [-0.3, -0.25) is 9.89 Å². The predicted octanol–water partition coefficient (Wildman–Crippen LogP) is 3.09. The largest absolute Gasteiger partial charge is 0.392 e. The maximum absolute atomic E-state index is 12.5. The van der Waals surface area contributed by atoms with Crippen LogP contribution in [0.4, 0.5) is 5.69 Å². The van der Waals surface area contributed by atoms with Gasteiger partial charge in [0.1, 0.15) is 5.82 Å². The molecule has 1 heterocycles. The summed E-state index contributed by atoms with van der Waals surface area (Å²) in [6, 6.07) is 12.6. The van der Waals surface area contributed by atoms with Crippen LogP contribution in [0.25, 0.3) is 11.4 Å². The summed E-state index contributed by atoms with van der Waals surface area (Å²) in [4.78, 5) is 16.8. The van der Waals surface area contributed by atoms with Gasteiger partial charge in [0.15, 0.2) is 5.82 Å². The van der Waals surface area contributed by atoms with Gasteiger partial charge >= 0.3 is 0 Å². The van der Waals surface area contributed by atoms with Gasteiger partial charge in [-0.25, -0.2) is 4.98 Å². The number of nitrogens with zero attached hydrogens (tertiary/aromatic N) is 2. The van der Waals surface area contributed by atoms with Crippen LogP contribution >= 0.6 is 0 Å². The number of nitrogens with one attached hydrogen (secondary N) is 2. The number of aliphatic hydroxyl groups is 1. The molecule has 1 amide bonds. The number of hydrogen-bond acceptors (Lipinski definition) is 4. The van der Waals surface area contributed by atoms with Crippen molar-refractivity contribution in [3.8, 4) is 11.4 Å². The van der Waals surface area contributed by atoms with Gasteiger partial charge < -0.3 is 10.4 Å². The quantitative estimate of drug-likeness (QED) is 0.668. The third kappa shape index (κ3) is 3.75. The molecule has 0 unspecified atom stereocenters. The number of aromatic nitrogens is 3. The van der Waals surface area contributed by atoms with Crippen molar-refractivity contribution in [2.75, 3.05) is 5.32 Å². The van der Waals surface area contributed by atoms with Gasteiger partial charge in [0.25, 0.3) is 5.91 Å². The lowest BCUT2D eigenvalue weighted by atomic mass is 10.1. The predicted molar refractivity (Wildman–Crippen MR) is 96.3 cm³/mol. The minimum absolute atomic E-state index is 0.0612. The maximum Gasteiger partial charge on any atom is 0.255 e. The van der Waals surface area contributed by atoms with E-state index in [0.717, 1.165) is 28.9 Å². The van der Waals surface area contributed by atoms with E-state index in [-0.39, 0.29) is 12.5 Å². The van der Waals surface area contributed by atoms with Crippen molar-refractivity contribution in [1.29, 1.82) is 0 Å². The van der Waals surface area contributed by atoms with E-state index in [4.69, 9.17) is 0 Å². The number of aromatic amines is 1. The van der Waals surface area contributed by atoms with Gasteiger partial charge in [-0.05, 0) is 36.2 Å². The first kappa shape index (κ1) is 16.9. The van der Waals surface area contributed by atoms with Gasteiger partial charge in [0, 0.05) is 23.2 Å². The van der Waals surface area contributed by atoms with Crippen molar-refractivity contribution in [2.24, 2.45) is 0 Å². The summed E-state index contributed by atoms with van der Waals surface area (Å²) in [5.41, 5.74) is 3.79. The van der Waals surface area contributed by atoms with Gasteiger partial charge in [-0.2, -0.15) is 5.10 Å². The second-order valence-electron chi connectivity index (χ2n) is 5.80. The third-order valence-corrected chi connectivity index (χ3v) is 4.00. The van der Waals surface area contributed by atoms with Crippen molar-refractivity contribution < 1.29 is 9.90 Å². The Labute approximate surface area is 145 Å². The highest BCUT2D eigenvalue weighted by molar-refractivity contribution is 6.04. The van der Waals surface area contributed by atoms with Crippen molar-refractivity contribution >= 4 is 11.6 Å². The fourth-order valence-electron chi connectivity index (χ4n) is 2.45. The number of amides is 1. The molecule has 0 aliphatic heterocycles. The van der Waals surface area contributed by atoms with Gasteiger partial charge in [0.2, 0.25) is 0 Å². The number of rotatable bonds is 5. The van der Waals surface area contributed by atoms with Crippen molar-refractivity contribution in [2.45, 2.75) is 26.9 Å². The van der Waals surface area contributed by atoms with Crippen LogP contribution in [-0.4, -0.2) is 26.2 Å². The molecule has 0 atom stereocenters. The minimum Gasteiger partial charge on any atom is -0.392 e. The van der Waals surface area contributed by atoms with E-state index in [9.17, 15) is 9.90 Å². The molecule has 3 N–H and O–H groups in total. The normalized spacial score (nSPS) is 10.7. The van der Waals surface area contributed by atoms with Crippen LogP contribution in [0.1, 0.15) is 34.2 Å². The van der Waals surface area contributed by atoms with Gasteiger partial charge in [-0.15, -0.1) is 0 Å². The molecule has 0 aliphatic rings. The molecule has 3 rings (SSSR count). The molecule has 0 saturated carbocycles. The van der Waals surface area contributed by atoms with E-state index in [0.29, 0.717) is 17.1 Å². The average Bonchev–Trinajstić information content (AvgIpc) is 3.13. The van der Waals surface area contributed by atoms with Crippen LogP contribution in [0, 0.1) is 6.92 Å². The average molecular weight is 336 g/mol. The number of benzene rings is 2. The summed E-state index contributed by atoms with van der Waals surface area (Å²) in [6.45, 7) is 3.86. The molecule has 2 aromatic carbocycles. The maximum atomic E-state index is 12.5. The molecule has 0 aliphatic carbocycles. The summed E-state index contributed by atoms with van der Waals surface area (Å²) in [7, 11) is 0. The van der Waals surface area contributed by atoms with Crippen LogP contribution in [-0.2, 0) is 13.0 Å². The van der Waals surface area contributed by atoms with Crippen LogP contribution in [0.5, 0.6) is 0 Å².